The van der Waals surface area contributed by atoms with E-state index >= 15 is 0 Å². The van der Waals surface area contributed by atoms with Crippen molar-refractivity contribution in [1.82, 2.24) is 18.4 Å². The highest BCUT2D eigenvalue weighted by Crippen LogP contribution is 2.15. The first-order valence-corrected chi connectivity index (χ1v) is 9.61. The number of halogens is 1. The molecule has 0 spiro atoms. The van der Waals surface area contributed by atoms with Crippen LogP contribution in [0.3, 0.4) is 0 Å². The van der Waals surface area contributed by atoms with Gasteiger partial charge in [0.15, 0.2) is 0 Å². The molecule has 2 aliphatic rings. The molecule has 10 heteroatoms. The number of hydrogen-bond donors (Lipinski definition) is 1. The van der Waals surface area contributed by atoms with Gasteiger partial charge in [0.2, 0.25) is 5.91 Å². The van der Waals surface area contributed by atoms with Crippen LogP contribution in [0.4, 0.5) is 0 Å². The predicted molar refractivity (Wildman–Crippen MR) is 96.2 cm³/mol. The summed E-state index contributed by atoms with van der Waals surface area (Å²) >= 11 is 0. The maximum atomic E-state index is 12.7. The number of rotatable bonds is 4. The summed E-state index contributed by atoms with van der Waals surface area (Å²) in [5.74, 6) is -0.00810. The van der Waals surface area contributed by atoms with Gasteiger partial charge in [-0.1, -0.05) is 13.8 Å². The summed E-state index contributed by atoms with van der Waals surface area (Å²) in [7, 11) is -1.43. The molecule has 0 aromatic carbocycles. The Labute approximate surface area is 151 Å². The molecule has 2 aliphatic heterocycles. The Morgan fingerprint density at radius 1 is 0.917 bits per heavy atom. The molecule has 24 heavy (non-hydrogen) atoms. The maximum Gasteiger partial charge on any atom is 0.282 e. The second kappa shape index (κ2) is 8.77. The van der Waals surface area contributed by atoms with Gasteiger partial charge in [-0.2, -0.15) is 17.0 Å². The van der Waals surface area contributed by atoms with Crippen LogP contribution in [0.15, 0.2) is 0 Å². The van der Waals surface area contributed by atoms with Gasteiger partial charge in [-0.15, -0.1) is 12.4 Å². The predicted octanol–water partition coefficient (Wildman–Crippen LogP) is -0.972. The quantitative estimate of drug-likeness (QED) is 0.674. The van der Waals surface area contributed by atoms with Crippen molar-refractivity contribution in [2.24, 2.45) is 11.7 Å². The van der Waals surface area contributed by atoms with Crippen LogP contribution in [0.2, 0.25) is 0 Å². The molecule has 2 heterocycles. The molecule has 142 valence electrons. The second-order valence-corrected chi connectivity index (χ2v) is 8.63. The number of piperazine rings is 2. The molecule has 0 radical (unpaired) electrons. The summed E-state index contributed by atoms with van der Waals surface area (Å²) in [5, 5.41) is 0. The van der Waals surface area contributed by atoms with E-state index in [2.05, 4.69) is 4.90 Å². The average Bonchev–Trinajstić information content (AvgIpc) is 2.54. The Morgan fingerprint density at radius 3 is 1.75 bits per heavy atom. The van der Waals surface area contributed by atoms with E-state index in [1.807, 2.05) is 20.9 Å². The third kappa shape index (κ3) is 4.80. The van der Waals surface area contributed by atoms with E-state index in [9.17, 15) is 13.2 Å². The smallest absolute Gasteiger partial charge is 0.282 e. The zero-order valence-electron chi connectivity index (χ0n) is 14.7. The molecule has 0 aromatic heterocycles. The summed E-state index contributed by atoms with van der Waals surface area (Å²) in [6.45, 7) is 7.87. The fourth-order valence-corrected chi connectivity index (χ4v) is 4.39. The normalized spacial score (nSPS) is 23.1. The summed E-state index contributed by atoms with van der Waals surface area (Å²) in [4.78, 5) is 16.1. The molecule has 2 fully saturated rings. The van der Waals surface area contributed by atoms with Crippen molar-refractivity contribution < 1.29 is 13.2 Å². The van der Waals surface area contributed by atoms with E-state index in [1.54, 1.807) is 9.21 Å². The van der Waals surface area contributed by atoms with Crippen LogP contribution in [0.25, 0.3) is 0 Å². The molecule has 2 saturated heterocycles. The van der Waals surface area contributed by atoms with Crippen LogP contribution < -0.4 is 5.73 Å². The summed E-state index contributed by atoms with van der Waals surface area (Å²) in [5.41, 5.74) is 5.91. The van der Waals surface area contributed by atoms with E-state index in [0.717, 1.165) is 13.1 Å². The lowest BCUT2D eigenvalue weighted by Crippen LogP contribution is -2.59. The Morgan fingerprint density at radius 2 is 1.33 bits per heavy atom. The van der Waals surface area contributed by atoms with Crippen molar-refractivity contribution in [1.29, 1.82) is 0 Å². The fraction of sp³-hybridized carbons (Fsp3) is 0.929. The molecule has 0 unspecified atom stereocenters. The Hall–Kier alpha value is -0.450. The third-order valence-corrected chi connectivity index (χ3v) is 6.70. The van der Waals surface area contributed by atoms with Crippen LogP contribution in [-0.4, -0.2) is 98.2 Å². The molecule has 2 rings (SSSR count). The Kier molecular flexibility index (Phi) is 7.89. The SMILES string of the molecule is CC(C)[C@H](N)C(=O)N1CCN(S(=O)(=O)N2CCN(C)CC2)CC1.Cl. The number of nitrogens with two attached hydrogens (primary N) is 1. The number of carbonyl (C=O) groups is 1. The lowest BCUT2D eigenvalue weighted by molar-refractivity contribution is -0.134. The van der Waals surface area contributed by atoms with Gasteiger partial charge in [0, 0.05) is 52.4 Å². The highest BCUT2D eigenvalue weighted by molar-refractivity contribution is 7.86. The molecule has 0 saturated carbocycles. The first-order chi connectivity index (χ1) is 10.7. The Bertz CT molecular complexity index is 515. The number of likely N-dealkylation sites (N-methyl/N-ethyl adjacent to an activating group) is 1. The van der Waals surface area contributed by atoms with Gasteiger partial charge in [0.1, 0.15) is 0 Å². The van der Waals surface area contributed by atoms with Crippen molar-refractivity contribution in [3.8, 4) is 0 Å². The average molecular weight is 384 g/mol. The lowest BCUT2D eigenvalue weighted by Gasteiger charge is -2.39. The summed E-state index contributed by atoms with van der Waals surface area (Å²) < 4.78 is 28.4. The van der Waals surface area contributed by atoms with Crippen molar-refractivity contribution >= 4 is 28.5 Å². The van der Waals surface area contributed by atoms with Crippen LogP contribution in [0.5, 0.6) is 0 Å². The molecule has 1 atom stereocenters. The molecule has 0 aromatic rings. The van der Waals surface area contributed by atoms with Gasteiger partial charge in [-0.3, -0.25) is 4.79 Å². The standard InChI is InChI=1S/C14H29N5O3S.ClH/c1-12(2)13(15)14(20)17-6-10-19(11-7-17)23(21,22)18-8-4-16(3)5-9-18;/h12-13H,4-11,15H2,1-3H3;1H/t13-;/m0./s1. The monoisotopic (exact) mass is 383 g/mol. The van der Waals surface area contributed by atoms with Crippen molar-refractivity contribution in [2.75, 3.05) is 59.4 Å². The number of nitrogens with zero attached hydrogens (tertiary/aromatic N) is 4. The van der Waals surface area contributed by atoms with E-state index in [-0.39, 0.29) is 24.2 Å². The van der Waals surface area contributed by atoms with E-state index < -0.39 is 16.3 Å². The van der Waals surface area contributed by atoms with E-state index in [4.69, 9.17) is 5.73 Å². The minimum absolute atomic E-state index is 0. The van der Waals surface area contributed by atoms with Gasteiger partial charge < -0.3 is 15.5 Å². The number of hydrogen-bond acceptors (Lipinski definition) is 5. The molecule has 8 nitrogen and oxygen atoms in total. The van der Waals surface area contributed by atoms with Gasteiger partial charge >= 0.3 is 0 Å². The van der Waals surface area contributed by atoms with Crippen LogP contribution in [-0.2, 0) is 15.0 Å². The highest BCUT2D eigenvalue weighted by Gasteiger charge is 2.35. The summed E-state index contributed by atoms with van der Waals surface area (Å²) in [6, 6.07) is -0.518. The van der Waals surface area contributed by atoms with Crippen LogP contribution in [0, 0.1) is 5.92 Å². The number of carbonyl (C=O) groups excluding carboxylic acids is 1. The fourth-order valence-electron chi connectivity index (χ4n) is 2.82. The lowest BCUT2D eigenvalue weighted by atomic mass is 10.0. The van der Waals surface area contributed by atoms with Crippen molar-refractivity contribution in [3.05, 3.63) is 0 Å². The van der Waals surface area contributed by atoms with Gasteiger partial charge in [-0.05, 0) is 13.0 Å². The minimum Gasteiger partial charge on any atom is -0.339 e. The van der Waals surface area contributed by atoms with Gasteiger partial charge in [0.25, 0.3) is 10.2 Å². The van der Waals surface area contributed by atoms with E-state index in [0.29, 0.717) is 39.3 Å². The topological polar surface area (TPSA) is 90.2 Å². The molecular weight excluding hydrogens is 354 g/mol. The van der Waals surface area contributed by atoms with Gasteiger partial charge in [-0.25, -0.2) is 0 Å². The van der Waals surface area contributed by atoms with Crippen molar-refractivity contribution in [2.45, 2.75) is 19.9 Å². The van der Waals surface area contributed by atoms with Crippen molar-refractivity contribution in [3.63, 3.8) is 0 Å². The Balaban J connectivity index is 0.00000288. The first-order valence-electron chi connectivity index (χ1n) is 8.21. The highest BCUT2D eigenvalue weighted by atomic mass is 35.5. The van der Waals surface area contributed by atoms with Crippen LogP contribution in [0.1, 0.15) is 13.8 Å². The molecule has 1 amide bonds. The third-order valence-electron chi connectivity index (χ3n) is 4.67. The largest absolute Gasteiger partial charge is 0.339 e. The van der Waals surface area contributed by atoms with E-state index in [1.165, 1.54) is 4.31 Å². The first kappa shape index (κ1) is 21.6. The summed E-state index contributed by atoms with van der Waals surface area (Å²) in [6.07, 6.45) is 0. The second-order valence-electron chi connectivity index (χ2n) is 6.70. The zero-order valence-corrected chi connectivity index (χ0v) is 16.4. The maximum absolute atomic E-state index is 12.7. The van der Waals surface area contributed by atoms with Gasteiger partial charge in [0.05, 0.1) is 6.04 Å². The van der Waals surface area contributed by atoms with Crippen LogP contribution >= 0.6 is 12.4 Å². The minimum atomic E-state index is -3.42. The molecule has 0 bridgehead atoms. The zero-order chi connectivity index (χ0) is 17.2. The number of amides is 1. The molecule has 2 N–H and O–H groups in total. The molecular formula is C14H30ClN5O3S. The molecule has 0 aliphatic carbocycles.